The number of nitrogens with one attached hydrogen (secondary N) is 1. The van der Waals surface area contributed by atoms with Gasteiger partial charge >= 0.3 is 0 Å². The van der Waals surface area contributed by atoms with Gasteiger partial charge in [-0.3, -0.25) is 4.79 Å². The highest BCUT2D eigenvalue weighted by molar-refractivity contribution is 7.79. The molecule has 0 bridgehead atoms. The summed E-state index contributed by atoms with van der Waals surface area (Å²) in [6, 6.07) is 5.94. The maximum absolute atomic E-state index is 12.9. The molecule has 7 heteroatoms. The molecule has 31 heavy (non-hydrogen) atoms. The van der Waals surface area contributed by atoms with E-state index in [1.165, 1.54) is 7.05 Å². The lowest BCUT2D eigenvalue weighted by atomic mass is 9.97. The van der Waals surface area contributed by atoms with Crippen LogP contribution >= 0.6 is 12.6 Å². The van der Waals surface area contributed by atoms with Gasteiger partial charge in [-0.1, -0.05) is 19.1 Å². The summed E-state index contributed by atoms with van der Waals surface area (Å²) in [4.78, 5) is 24.2. The van der Waals surface area contributed by atoms with Gasteiger partial charge in [0.05, 0.1) is 38.3 Å². The molecule has 6 nitrogen and oxygen atoms in total. The van der Waals surface area contributed by atoms with E-state index in [-0.39, 0.29) is 11.8 Å². The summed E-state index contributed by atoms with van der Waals surface area (Å²) in [5.74, 6) is 0.828. The number of likely N-dealkylation sites (N-methyl/N-ethyl adjacent to an activating group) is 1. The zero-order valence-electron chi connectivity index (χ0n) is 20.1. The molecular formula is C24H42N3O3S+. The summed E-state index contributed by atoms with van der Waals surface area (Å²) in [7, 11) is 3.15. The van der Waals surface area contributed by atoms with Crippen LogP contribution in [-0.4, -0.2) is 63.3 Å². The van der Waals surface area contributed by atoms with Crippen molar-refractivity contribution < 1.29 is 18.8 Å². The van der Waals surface area contributed by atoms with Gasteiger partial charge in [0.1, 0.15) is 12.0 Å². The highest BCUT2D eigenvalue weighted by Gasteiger charge is 2.35. The number of nitrogens with zero attached hydrogens (tertiary/aromatic N) is 1. The molecule has 2 rings (SSSR count). The number of anilines is 1. The van der Waals surface area contributed by atoms with Gasteiger partial charge in [-0.05, 0) is 64.1 Å². The molecular weight excluding hydrogens is 410 g/mol. The smallest absolute Gasteiger partial charge is 0.279 e. The molecule has 1 aliphatic rings. The molecule has 1 aromatic rings. The summed E-state index contributed by atoms with van der Waals surface area (Å²) in [5, 5.41) is 3.13. The second kappa shape index (κ2) is 15.9. The van der Waals surface area contributed by atoms with Crippen LogP contribution < -0.4 is 11.1 Å². The van der Waals surface area contributed by atoms with Gasteiger partial charge in [-0.2, -0.15) is 12.6 Å². The SMILES string of the molecule is CC/C=C(/OC)c1cccc(C)c1NC(=O)C[N+]1(CC)CCCC(C=O)C1.CN.CS. The second-order valence-corrected chi connectivity index (χ2v) is 7.49. The minimum absolute atomic E-state index is 0.00843. The quantitative estimate of drug-likeness (QED) is 0.242. The number of hydrogen-bond acceptors (Lipinski definition) is 5. The van der Waals surface area contributed by atoms with Crippen molar-refractivity contribution in [3.63, 3.8) is 0 Å². The zero-order valence-corrected chi connectivity index (χ0v) is 21.0. The lowest BCUT2D eigenvalue weighted by molar-refractivity contribution is -0.925. The first kappa shape index (κ1) is 29.2. The number of methoxy groups -OCH3 is 1. The van der Waals surface area contributed by atoms with Crippen molar-refractivity contribution in [2.75, 3.05) is 51.9 Å². The van der Waals surface area contributed by atoms with E-state index < -0.39 is 0 Å². The molecule has 0 aliphatic carbocycles. The van der Waals surface area contributed by atoms with Crippen molar-refractivity contribution in [2.45, 2.75) is 40.0 Å². The molecule has 1 aromatic carbocycles. The Balaban J connectivity index is 0.00000212. The molecule has 2 unspecified atom stereocenters. The van der Waals surface area contributed by atoms with Crippen molar-refractivity contribution in [3.8, 4) is 0 Å². The van der Waals surface area contributed by atoms with Gasteiger partial charge in [-0.25, -0.2) is 0 Å². The predicted octanol–water partition coefficient (Wildman–Crippen LogP) is 3.90. The molecule has 1 aliphatic heterocycles. The normalized spacial score (nSPS) is 20.4. The maximum atomic E-state index is 12.9. The van der Waals surface area contributed by atoms with Crippen LogP contribution in [0.15, 0.2) is 24.3 Å². The Morgan fingerprint density at radius 3 is 2.55 bits per heavy atom. The predicted molar refractivity (Wildman–Crippen MR) is 134 cm³/mol. The van der Waals surface area contributed by atoms with Crippen molar-refractivity contribution in [1.29, 1.82) is 0 Å². The van der Waals surface area contributed by atoms with Crippen molar-refractivity contribution in [2.24, 2.45) is 11.7 Å². The monoisotopic (exact) mass is 452 g/mol. The Bertz CT molecular complexity index is 709. The van der Waals surface area contributed by atoms with Gasteiger partial charge in [0, 0.05) is 5.56 Å². The van der Waals surface area contributed by atoms with Crippen LogP contribution in [0.4, 0.5) is 5.69 Å². The van der Waals surface area contributed by atoms with Crippen LogP contribution in [0, 0.1) is 12.8 Å². The van der Waals surface area contributed by atoms with E-state index in [0.717, 1.165) is 67.8 Å². The van der Waals surface area contributed by atoms with E-state index >= 15 is 0 Å². The van der Waals surface area contributed by atoms with Gasteiger partial charge in [0.2, 0.25) is 0 Å². The van der Waals surface area contributed by atoms with E-state index in [9.17, 15) is 9.59 Å². The highest BCUT2D eigenvalue weighted by atomic mass is 32.1. The summed E-state index contributed by atoms with van der Waals surface area (Å²) in [6.45, 7) is 9.12. The fourth-order valence-corrected chi connectivity index (χ4v) is 4.03. The number of thiol groups is 1. The summed E-state index contributed by atoms with van der Waals surface area (Å²) in [6.07, 6.45) is 7.55. The number of aryl methyl sites for hydroxylation is 1. The first-order valence-electron chi connectivity index (χ1n) is 11.0. The van der Waals surface area contributed by atoms with Crippen LogP contribution in [-0.2, 0) is 14.3 Å². The number of aldehydes is 1. The number of hydrogen-bond donors (Lipinski definition) is 3. The number of carbonyl (C=O) groups excluding carboxylic acids is 2. The molecule has 2 atom stereocenters. The largest absolute Gasteiger partial charge is 0.496 e. The number of benzene rings is 1. The van der Waals surface area contributed by atoms with Crippen molar-refractivity contribution >= 4 is 36.3 Å². The molecule has 0 aromatic heterocycles. The molecule has 0 spiro atoms. The number of para-hydroxylation sites is 1. The van der Waals surface area contributed by atoms with Crippen LogP contribution in [0.25, 0.3) is 5.76 Å². The molecule has 0 radical (unpaired) electrons. The summed E-state index contributed by atoms with van der Waals surface area (Å²) >= 11 is 3.53. The third-order valence-electron chi connectivity index (χ3n) is 5.58. The van der Waals surface area contributed by atoms with E-state index in [4.69, 9.17) is 4.74 Å². The lowest BCUT2D eigenvalue weighted by Gasteiger charge is -2.42. The average Bonchev–Trinajstić information content (AvgIpc) is 2.81. The number of carbonyl (C=O) groups is 2. The molecule has 1 fully saturated rings. The number of ether oxygens (including phenoxy) is 1. The Labute approximate surface area is 194 Å². The topological polar surface area (TPSA) is 81.4 Å². The standard InChI is InChI=1S/C22H32N2O3.CH5N.CH4S/c1-5-9-20(27-4)19-12-7-10-17(3)22(19)23-21(26)15-24(6-2)13-8-11-18(14-24)16-25;2*1-2/h7,9-10,12,16,18H,5-6,8,11,13-15H2,1-4H3;2H2,1H3;2H,1H3/p+1/b20-9+;;. The Hall–Kier alpha value is -1.83. The zero-order chi connectivity index (χ0) is 23.9. The highest BCUT2D eigenvalue weighted by Crippen LogP contribution is 2.29. The van der Waals surface area contributed by atoms with E-state index in [0.29, 0.717) is 11.0 Å². The first-order valence-corrected chi connectivity index (χ1v) is 11.8. The van der Waals surface area contributed by atoms with Crippen molar-refractivity contribution in [3.05, 3.63) is 35.4 Å². The summed E-state index contributed by atoms with van der Waals surface area (Å²) < 4.78 is 6.22. The molecule has 176 valence electrons. The minimum atomic E-state index is -0.00843. The number of likely N-dealkylation sites (tertiary alicyclic amines) is 1. The third kappa shape index (κ3) is 8.67. The number of nitrogens with two attached hydrogens (primary N) is 1. The van der Waals surface area contributed by atoms with E-state index in [1.54, 1.807) is 13.4 Å². The molecule has 1 heterocycles. The summed E-state index contributed by atoms with van der Waals surface area (Å²) in [5.41, 5.74) is 7.22. The number of piperidine rings is 1. The van der Waals surface area contributed by atoms with Gasteiger partial charge in [0.15, 0.2) is 6.54 Å². The average molecular weight is 453 g/mol. The maximum Gasteiger partial charge on any atom is 0.279 e. The van der Waals surface area contributed by atoms with E-state index in [2.05, 4.69) is 37.5 Å². The van der Waals surface area contributed by atoms with Crippen molar-refractivity contribution in [1.82, 2.24) is 0 Å². The molecule has 0 saturated carbocycles. The van der Waals surface area contributed by atoms with Gasteiger partial charge < -0.3 is 25.1 Å². The lowest BCUT2D eigenvalue weighted by Crippen LogP contribution is -2.57. The van der Waals surface area contributed by atoms with Crippen LogP contribution in [0.2, 0.25) is 0 Å². The number of rotatable bonds is 8. The van der Waals surface area contributed by atoms with Gasteiger partial charge in [0.25, 0.3) is 5.91 Å². The Morgan fingerprint density at radius 2 is 2.00 bits per heavy atom. The minimum Gasteiger partial charge on any atom is -0.496 e. The molecule has 1 amide bonds. The second-order valence-electron chi connectivity index (χ2n) is 7.49. The number of quaternary nitrogens is 1. The Kier molecular flexibility index (Phi) is 15.0. The van der Waals surface area contributed by atoms with Gasteiger partial charge in [-0.15, -0.1) is 0 Å². The third-order valence-corrected chi connectivity index (χ3v) is 5.58. The number of allylic oxidation sites excluding steroid dienone is 1. The fourth-order valence-electron chi connectivity index (χ4n) is 4.03. The Morgan fingerprint density at radius 1 is 1.32 bits per heavy atom. The van der Waals surface area contributed by atoms with Crippen LogP contribution in [0.3, 0.4) is 0 Å². The first-order chi connectivity index (χ1) is 15.0. The van der Waals surface area contributed by atoms with E-state index in [1.807, 2.05) is 31.2 Å². The van der Waals surface area contributed by atoms with Crippen LogP contribution in [0.1, 0.15) is 44.2 Å². The fraction of sp³-hybridized carbons (Fsp3) is 0.583. The molecule has 1 saturated heterocycles. The molecule has 3 N–H and O–H groups in total. The number of amides is 1. The van der Waals surface area contributed by atoms with Crippen LogP contribution in [0.5, 0.6) is 0 Å².